The standard InChI is InChI=1S/C12H22O3/c1-4-5-6-7-8-9-12(14)10(2)15-11(3)13/h10H,4-9H2,1-3H3. The zero-order valence-electron chi connectivity index (χ0n) is 10.0. The number of Topliss-reactive ketones (excluding diaryl/α,β-unsaturated/α-hetero) is 1. The maximum absolute atomic E-state index is 11.4. The molecule has 0 aliphatic carbocycles. The Morgan fingerprint density at radius 1 is 1.13 bits per heavy atom. The molecule has 3 nitrogen and oxygen atoms in total. The normalized spacial score (nSPS) is 12.2. The van der Waals surface area contributed by atoms with Gasteiger partial charge in [0.25, 0.3) is 0 Å². The van der Waals surface area contributed by atoms with Crippen molar-refractivity contribution in [2.45, 2.75) is 65.4 Å². The predicted octanol–water partition coefficient (Wildman–Crippen LogP) is 2.87. The minimum atomic E-state index is -0.575. The molecule has 0 saturated carbocycles. The lowest BCUT2D eigenvalue weighted by Crippen LogP contribution is -2.22. The lowest BCUT2D eigenvalue weighted by molar-refractivity contribution is -0.151. The van der Waals surface area contributed by atoms with E-state index in [0.29, 0.717) is 6.42 Å². The monoisotopic (exact) mass is 214 g/mol. The Morgan fingerprint density at radius 2 is 1.73 bits per heavy atom. The molecule has 88 valence electrons. The summed E-state index contributed by atoms with van der Waals surface area (Å²) in [5.74, 6) is -0.358. The molecule has 0 aromatic heterocycles. The van der Waals surface area contributed by atoms with Gasteiger partial charge in [0.1, 0.15) is 0 Å². The first-order chi connectivity index (χ1) is 7.07. The molecular formula is C12H22O3. The van der Waals surface area contributed by atoms with Crippen LogP contribution in [0.2, 0.25) is 0 Å². The van der Waals surface area contributed by atoms with E-state index < -0.39 is 6.10 Å². The van der Waals surface area contributed by atoms with E-state index in [1.165, 1.54) is 26.2 Å². The van der Waals surface area contributed by atoms with Crippen LogP contribution in [0, 0.1) is 0 Å². The molecule has 1 atom stereocenters. The molecule has 0 N–H and O–H groups in total. The number of ether oxygens (including phenoxy) is 1. The summed E-state index contributed by atoms with van der Waals surface area (Å²) in [4.78, 5) is 22.0. The van der Waals surface area contributed by atoms with Crippen molar-refractivity contribution in [2.75, 3.05) is 0 Å². The number of carbonyl (C=O) groups excluding carboxylic acids is 2. The highest BCUT2D eigenvalue weighted by molar-refractivity contribution is 5.84. The van der Waals surface area contributed by atoms with Crippen molar-refractivity contribution in [3.05, 3.63) is 0 Å². The third kappa shape index (κ3) is 8.16. The average Bonchev–Trinajstić information content (AvgIpc) is 2.16. The molecule has 0 saturated heterocycles. The average molecular weight is 214 g/mol. The van der Waals surface area contributed by atoms with Crippen molar-refractivity contribution in [3.8, 4) is 0 Å². The lowest BCUT2D eigenvalue weighted by Gasteiger charge is -2.10. The van der Waals surface area contributed by atoms with Crippen molar-refractivity contribution in [3.63, 3.8) is 0 Å². The fourth-order valence-corrected chi connectivity index (χ4v) is 1.42. The number of esters is 1. The summed E-state index contributed by atoms with van der Waals surface area (Å²) in [5, 5.41) is 0. The number of ketones is 1. The molecule has 0 radical (unpaired) electrons. The highest BCUT2D eigenvalue weighted by atomic mass is 16.5. The Kier molecular flexibility index (Phi) is 7.96. The van der Waals surface area contributed by atoms with E-state index in [2.05, 4.69) is 6.92 Å². The number of carbonyl (C=O) groups is 2. The topological polar surface area (TPSA) is 43.4 Å². The fraction of sp³-hybridized carbons (Fsp3) is 0.833. The van der Waals surface area contributed by atoms with Crippen LogP contribution in [0.15, 0.2) is 0 Å². The van der Waals surface area contributed by atoms with Crippen LogP contribution in [0.5, 0.6) is 0 Å². The van der Waals surface area contributed by atoms with Gasteiger partial charge in [-0.1, -0.05) is 32.6 Å². The van der Waals surface area contributed by atoms with Gasteiger partial charge in [-0.2, -0.15) is 0 Å². The summed E-state index contributed by atoms with van der Waals surface area (Å²) in [6, 6.07) is 0. The smallest absolute Gasteiger partial charge is 0.303 e. The van der Waals surface area contributed by atoms with Gasteiger partial charge in [0.2, 0.25) is 0 Å². The summed E-state index contributed by atoms with van der Waals surface area (Å²) in [5.41, 5.74) is 0. The quantitative estimate of drug-likeness (QED) is 0.461. The van der Waals surface area contributed by atoms with Crippen molar-refractivity contribution in [1.82, 2.24) is 0 Å². The molecule has 0 fully saturated rings. The SMILES string of the molecule is CCCCCCCC(=O)C(C)OC(C)=O. The molecule has 0 aromatic carbocycles. The van der Waals surface area contributed by atoms with Gasteiger partial charge in [-0.05, 0) is 13.3 Å². The van der Waals surface area contributed by atoms with Gasteiger partial charge in [0.15, 0.2) is 11.9 Å². The van der Waals surface area contributed by atoms with E-state index in [1.807, 2.05) is 0 Å². The van der Waals surface area contributed by atoms with Gasteiger partial charge < -0.3 is 4.74 Å². The Labute approximate surface area is 92.2 Å². The van der Waals surface area contributed by atoms with E-state index >= 15 is 0 Å². The Hall–Kier alpha value is -0.860. The third-order valence-electron chi connectivity index (χ3n) is 2.32. The molecule has 15 heavy (non-hydrogen) atoms. The van der Waals surface area contributed by atoms with E-state index in [1.54, 1.807) is 6.92 Å². The zero-order valence-corrected chi connectivity index (χ0v) is 10.0. The molecule has 0 aliphatic heterocycles. The van der Waals surface area contributed by atoms with Crippen LogP contribution < -0.4 is 0 Å². The van der Waals surface area contributed by atoms with Crippen LogP contribution in [-0.2, 0) is 14.3 Å². The number of rotatable bonds is 8. The van der Waals surface area contributed by atoms with Gasteiger partial charge >= 0.3 is 5.97 Å². The summed E-state index contributed by atoms with van der Waals surface area (Å²) in [7, 11) is 0. The van der Waals surface area contributed by atoms with Crippen LogP contribution in [-0.4, -0.2) is 17.9 Å². The first kappa shape index (κ1) is 14.1. The molecular weight excluding hydrogens is 192 g/mol. The minimum absolute atomic E-state index is 0.0294. The summed E-state index contributed by atoms with van der Waals surface area (Å²) >= 11 is 0. The van der Waals surface area contributed by atoms with E-state index in [4.69, 9.17) is 4.74 Å². The summed E-state index contributed by atoms with van der Waals surface area (Å²) in [6.45, 7) is 5.12. The van der Waals surface area contributed by atoms with Gasteiger partial charge in [-0.25, -0.2) is 0 Å². The van der Waals surface area contributed by atoms with Crippen LogP contribution in [0.4, 0.5) is 0 Å². The Morgan fingerprint density at radius 3 is 2.27 bits per heavy atom. The van der Waals surface area contributed by atoms with Crippen LogP contribution in [0.25, 0.3) is 0 Å². The largest absolute Gasteiger partial charge is 0.455 e. The maximum atomic E-state index is 11.4. The molecule has 0 rings (SSSR count). The second-order valence-electron chi connectivity index (χ2n) is 3.88. The first-order valence-electron chi connectivity index (χ1n) is 5.77. The molecule has 0 bridgehead atoms. The third-order valence-corrected chi connectivity index (χ3v) is 2.32. The molecule has 0 aromatic rings. The highest BCUT2D eigenvalue weighted by Gasteiger charge is 2.14. The maximum Gasteiger partial charge on any atom is 0.303 e. The van der Waals surface area contributed by atoms with Crippen LogP contribution >= 0.6 is 0 Å². The molecule has 1 unspecified atom stereocenters. The molecule has 0 heterocycles. The van der Waals surface area contributed by atoms with Crippen molar-refractivity contribution >= 4 is 11.8 Å². The van der Waals surface area contributed by atoms with Crippen molar-refractivity contribution < 1.29 is 14.3 Å². The van der Waals surface area contributed by atoms with Crippen LogP contribution in [0.3, 0.4) is 0 Å². The lowest BCUT2D eigenvalue weighted by atomic mass is 10.1. The number of hydrogen-bond donors (Lipinski definition) is 0. The van der Waals surface area contributed by atoms with Gasteiger partial charge in [0, 0.05) is 13.3 Å². The van der Waals surface area contributed by atoms with Crippen LogP contribution in [0.1, 0.15) is 59.3 Å². The van der Waals surface area contributed by atoms with Gasteiger partial charge in [0.05, 0.1) is 0 Å². The van der Waals surface area contributed by atoms with E-state index in [9.17, 15) is 9.59 Å². The second-order valence-corrected chi connectivity index (χ2v) is 3.88. The molecule has 3 heteroatoms. The fourth-order valence-electron chi connectivity index (χ4n) is 1.42. The Bertz CT molecular complexity index is 199. The second kappa shape index (κ2) is 8.45. The summed E-state index contributed by atoms with van der Waals surface area (Å²) in [6.07, 6.45) is 5.57. The highest BCUT2D eigenvalue weighted by Crippen LogP contribution is 2.07. The van der Waals surface area contributed by atoms with Crippen molar-refractivity contribution in [2.24, 2.45) is 0 Å². The molecule has 0 aliphatic rings. The van der Waals surface area contributed by atoms with Crippen molar-refractivity contribution in [1.29, 1.82) is 0 Å². The minimum Gasteiger partial charge on any atom is -0.455 e. The molecule has 0 spiro atoms. The van der Waals surface area contributed by atoms with E-state index in [0.717, 1.165) is 12.8 Å². The number of unbranched alkanes of at least 4 members (excludes halogenated alkanes) is 4. The van der Waals surface area contributed by atoms with Gasteiger partial charge in [-0.15, -0.1) is 0 Å². The zero-order chi connectivity index (χ0) is 11.7. The summed E-state index contributed by atoms with van der Waals surface area (Å²) < 4.78 is 4.80. The van der Waals surface area contributed by atoms with Gasteiger partial charge in [-0.3, -0.25) is 9.59 Å². The molecule has 0 amide bonds. The number of hydrogen-bond acceptors (Lipinski definition) is 3. The predicted molar refractivity (Wildman–Crippen MR) is 59.6 cm³/mol. The van der Waals surface area contributed by atoms with E-state index in [-0.39, 0.29) is 11.8 Å². The Balaban J connectivity index is 3.51. The first-order valence-corrected chi connectivity index (χ1v) is 5.77.